The molecule has 0 radical (unpaired) electrons. The first-order chi connectivity index (χ1) is 7.43. The highest BCUT2D eigenvalue weighted by atomic mass is 15.1. The first-order valence-corrected chi connectivity index (χ1v) is 6.89. The van der Waals surface area contributed by atoms with E-state index in [1.54, 1.807) is 0 Å². The van der Waals surface area contributed by atoms with Gasteiger partial charge in [0.25, 0.3) is 0 Å². The van der Waals surface area contributed by atoms with Gasteiger partial charge in [0.05, 0.1) is 0 Å². The Morgan fingerprint density at radius 2 is 1.47 bits per heavy atom. The van der Waals surface area contributed by atoms with E-state index in [4.69, 9.17) is 0 Å². The Hall–Kier alpha value is -0.0800. The van der Waals surface area contributed by atoms with Crippen LogP contribution in [0.25, 0.3) is 0 Å². The van der Waals surface area contributed by atoms with E-state index in [2.05, 4.69) is 72.7 Å². The van der Waals surface area contributed by atoms with Crippen LogP contribution in [0, 0.1) is 11.3 Å². The lowest BCUT2D eigenvalue weighted by Gasteiger charge is -2.37. The lowest BCUT2D eigenvalue weighted by atomic mass is 9.87. The molecule has 0 heterocycles. The van der Waals surface area contributed by atoms with Gasteiger partial charge >= 0.3 is 0 Å². The molecule has 0 saturated carbocycles. The summed E-state index contributed by atoms with van der Waals surface area (Å²) in [7, 11) is 2.24. The van der Waals surface area contributed by atoms with Gasteiger partial charge in [0.15, 0.2) is 0 Å². The van der Waals surface area contributed by atoms with Crippen LogP contribution in [0.5, 0.6) is 0 Å². The van der Waals surface area contributed by atoms with Gasteiger partial charge in [-0.1, -0.05) is 27.7 Å². The van der Waals surface area contributed by atoms with Crippen molar-refractivity contribution in [2.75, 3.05) is 20.1 Å². The van der Waals surface area contributed by atoms with Crippen LogP contribution in [0.3, 0.4) is 0 Å². The summed E-state index contributed by atoms with van der Waals surface area (Å²) in [6, 6.07) is 0.611. The van der Waals surface area contributed by atoms with E-state index in [9.17, 15) is 0 Å². The third-order valence-corrected chi connectivity index (χ3v) is 3.49. The molecule has 0 fully saturated rings. The van der Waals surface area contributed by atoms with Crippen molar-refractivity contribution in [3.05, 3.63) is 0 Å². The molecule has 2 nitrogen and oxygen atoms in total. The van der Waals surface area contributed by atoms with E-state index < -0.39 is 0 Å². The van der Waals surface area contributed by atoms with Crippen molar-refractivity contribution in [2.24, 2.45) is 11.3 Å². The lowest BCUT2D eigenvalue weighted by molar-refractivity contribution is 0.123. The second kappa shape index (κ2) is 6.19. The minimum absolute atomic E-state index is 0.225. The van der Waals surface area contributed by atoms with Gasteiger partial charge in [-0.3, -0.25) is 0 Å². The van der Waals surface area contributed by atoms with Gasteiger partial charge in [0.1, 0.15) is 0 Å². The highest BCUT2D eigenvalue weighted by Gasteiger charge is 2.24. The van der Waals surface area contributed by atoms with Gasteiger partial charge < -0.3 is 10.2 Å². The number of nitrogens with zero attached hydrogens (tertiary/aromatic N) is 1. The largest absolute Gasteiger partial charge is 0.312 e. The van der Waals surface area contributed by atoms with E-state index in [1.807, 2.05) is 0 Å². The lowest BCUT2D eigenvalue weighted by Crippen LogP contribution is -2.45. The summed E-state index contributed by atoms with van der Waals surface area (Å²) < 4.78 is 0. The van der Waals surface area contributed by atoms with Gasteiger partial charge in [-0.05, 0) is 52.6 Å². The highest BCUT2D eigenvalue weighted by Crippen LogP contribution is 2.23. The monoisotopic (exact) mass is 242 g/mol. The normalized spacial score (nSPS) is 17.3. The van der Waals surface area contributed by atoms with Gasteiger partial charge in [0.2, 0.25) is 0 Å². The van der Waals surface area contributed by atoms with Crippen molar-refractivity contribution in [3.8, 4) is 0 Å². The molecule has 0 aromatic heterocycles. The predicted molar refractivity (Wildman–Crippen MR) is 78.5 cm³/mol. The molecule has 1 N–H and O–H groups in total. The minimum Gasteiger partial charge on any atom is -0.312 e. The molecule has 2 unspecified atom stereocenters. The Bertz CT molecular complexity index is 210. The summed E-state index contributed by atoms with van der Waals surface area (Å²) in [6.45, 7) is 20.5. The topological polar surface area (TPSA) is 15.3 Å². The number of nitrogens with one attached hydrogen (secondary N) is 1. The van der Waals surface area contributed by atoms with E-state index in [-0.39, 0.29) is 5.54 Å². The zero-order chi connectivity index (χ0) is 13.9. The van der Waals surface area contributed by atoms with Gasteiger partial charge in [-0.25, -0.2) is 0 Å². The van der Waals surface area contributed by atoms with Crippen molar-refractivity contribution < 1.29 is 0 Å². The molecule has 0 aromatic carbocycles. The second-order valence-electron chi connectivity index (χ2n) is 7.72. The second-order valence-corrected chi connectivity index (χ2v) is 7.72. The number of rotatable bonds is 5. The molecule has 2 atom stereocenters. The van der Waals surface area contributed by atoms with Gasteiger partial charge in [0, 0.05) is 18.1 Å². The van der Waals surface area contributed by atoms with E-state index in [0.29, 0.717) is 17.4 Å². The molecule has 0 aromatic rings. The Morgan fingerprint density at radius 3 is 1.82 bits per heavy atom. The molecular weight excluding hydrogens is 208 g/mol. The van der Waals surface area contributed by atoms with Crippen LogP contribution >= 0.6 is 0 Å². The maximum Gasteiger partial charge on any atom is 0.0112 e. The molecule has 0 amide bonds. The summed E-state index contributed by atoms with van der Waals surface area (Å²) in [6.07, 6.45) is 0. The first-order valence-electron chi connectivity index (χ1n) is 6.89. The van der Waals surface area contributed by atoms with E-state index >= 15 is 0 Å². The van der Waals surface area contributed by atoms with Crippen LogP contribution in [-0.2, 0) is 0 Å². The van der Waals surface area contributed by atoms with Crippen LogP contribution in [0.1, 0.15) is 55.4 Å². The van der Waals surface area contributed by atoms with E-state index in [1.165, 1.54) is 0 Å². The maximum absolute atomic E-state index is 3.58. The van der Waals surface area contributed by atoms with Crippen LogP contribution in [0.4, 0.5) is 0 Å². The molecule has 2 heteroatoms. The molecule has 0 spiro atoms. The van der Waals surface area contributed by atoms with Crippen molar-refractivity contribution in [1.29, 1.82) is 0 Å². The fourth-order valence-corrected chi connectivity index (χ4v) is 1.86. The van der Waals surface area contributed by atoms with Crippen molar-refractivity contribution in [1.82, 2.24) is 10.2 Å². The quantitative estimate of drug-likeness (QED) is 0.795. The molecule has 17 heavy (non-hydrogen) atoms. The average molecular weight is 242 g/mol. The Labute approximate surface area is 109 Å². The molecular formula is C15H34N2. The van der Waals surface area contributed by atoms with E-state index in [0.717, 1.165) is 13.1 Å². The van der Waals surface area contributed by atoms with Crippen molar-refractivity contribution >= 4 is 0 Å². The van der Waals surface area contributed by atoms with Crippen LogP contribution in [-0.4, -0.2) is 36.6 Å². The molecule has 0 aliphatic heterocycles. The van der Waals surface area contributed by atoms with Crippen molar-refractivity contribution in [2.45, 2.75) is 67.0 Å². The summed E-state index contributed by atoms with van der Waals surface area (Å²) in [5.74, 6) is 0.684. The summed E-state index contributed by atoms with van der Waals surface area (Å²) in [4.78, 5) is 2.48. The molecule has 0 aliphatic carbocycles. The van der Waals surface area contributed by atoms with Crippen LogP contribution in [0.15, 0.2) is 0 Å². The third-order valence-electron chi connectivity index (χ3n) is 3.49. The van der Waals surface area contributed by atoms with Gasteiger partial charge in [-0.2, -0.15) is 0 Å². The molecule has 0 saturated heterocycles. The first kappa shape index (κ1) is 16.9. The van der Waals surface area contributed by atoms with Crippen LogP contribution in [0.2, 0.25) is 0 Å². The fourth-order valence-electron chi connectivity index (χ4n) is 1.86. The predicted octanol–water partition coefficient (Wildman–Crippen LogP) is 3.38. The number of hydrogen-bond donors (Lipinski definition) is 1. The SMILES string of the molecule is CC(CNC(C)(C)C)CN(C)C(C)C(C)(C)C. The van der Waals surface area contributed by atoms with Gasteiger partial charge in [-0.15, -0.1) is 0 Å². The third kappa shape index (κ3) is 7.77. The maximum atomic E-state index is 3.58. The summed E-state index contributed by atoms with van der Waals surface area (Å²) in [5.41, 5.74) is 0.578. The zero-order valence-electron chi connectivity index (χ0n) is 13.5. The summed E-state index contributed by atoms with van der Waals surface area (Å²) >= 11 is 0. The Kier molecular flexibility index (Phi) is 6.16. The standard InChI is InChI=1S/C15H34N2/c1-12(10-16-15(6,7)8)11-17(9)13(2)14(3,4)5/h12-13,16H,10-11H2,1-9H3. The highest BCUT2D eigenvalue weighted by molar-refractivity contribution is 4.79. The molecule has 0 bridgehead atoms. The number of hydrogen-bond acceptors (Lipinski definition) is 2. The fraction of sp³-hybridized carbons (Fsp3) is 1.00. The molecule has 0 aliphatic rings. The Balaban J connectivity index is 4.08. The van der Waals surface area contributed by atoms with Crippen molar-refractivity contribution in [3.63, 3.8) is 0 Å². The van der Waals surface area contributed by atoms with Crippen LogP contribution < -0.4 is 5.32 Å². The summed E-state index contributed by atoms with van der Waals surface area (Å²) in [5, 5.41) is 3.58. The molecule has 104 valence electrons. The Morgan fingerprint density at radius 1 is 1.00 bits per heavy atom. The molecule has 0 rings (SSSR count). The smallest absolute Gasteiger partial charge is 0.0112 e. The zero-order valence-corrected chi connectivity index (χ0v) is 13.5. The minimum atomic E-state index is 0.225. The average Bonchev–Trinajstić information content (AvgIpc) is 2.10.